The van der Waals surface area contributed by atoms with Gasteiger partial charge in [-0.25, -0.2) is 9.59 Å². The predicted molar refractivity (Wildman–Crippen MR) is 156 cm³/mol. The molecule has 0 unspecified atom stereocenters. The third-order valence-corrected chi connectivity index (χ3v) is 6.44. The molecule has 220 valence electrons. The summed E-state index contributed by atoms with van der Waals surface area (Å²) in [5.41, 5.74) is 1.73. The molecule has 0 aliphatic heterocycles. The van der Waals surface area contributed by atoms with Gasteiger partial charge >= 0.3 is 12.1 Å². The molecule has 0 aliphatic rings. The third kappa shape index (κ3) is 9.09. The Morgan fingerprint density at radius 2 is 1.44 bits per heavy atom. The number of amides is 3. The second-order valence-electron chi connectivity index (χ2n) is 11.3. The minimum absolute atomic E-state index is 0.137. The lowest BCUT2D eigenvalue weighted by molar-refractivity contribution is -0.146. The van der Waals surface area contributed by atoms with E-state index in [1.165, 1.54) is 7.11 Å². The summed E-state index contributed by atoms with van der Waals surface area (Å²) < 4.78 is 10.3. The Kier molecular flexibility index (Phi) is 10.5. The van der Waals surface area contributed by atoms with Crippen molar-refractivity contribution in [1.29, 1.82) is 0 Å². The molecular weight excluding hydrogens is 524 g/mol. The molecule has 3 rings (SSSR count). The molecule has 0 bridgehead atoms. The number of H-pyrrole nitrogens is 1. The van der Waals surface area contributed by atoms with Crippen molar-refractivity contribution >= 4 is 34.8 Å². The average Bonchev–Trinajstić information content (AvgIpc) is 3.32. The molecule has 10 heteroatoms. The molecule has 0 saturated carbocycles. The van der Waals surface area contributed by atoms with Gasteiger partial charge in [0.05, 0.1) is 7.11 Å². The van der Waals surface area contributed by atoms with Crippen LogP contribution in [0.15, 0.2) is 60.8 Å². The first kappa shape index (κ1) is 31.2. The summed E-state index contributed by atoms with van der Waals surface area (Å²) in [5.74, 6) is -1.96. The van der Waals surface area contributed by atoms with Crippen LogP contribution in [0.2, 0.25) is 0 Å². The second kappa shape index (κ2) is 13.8. The van der Waals surface area contributed by atoms with Gasteiger partial charge in [-0.2, -0.15) is 0 Å². The van der Waals surface area contributed by atoms with Crippen LogP contribution in [-0.2, 0) is 36.7 Å². The standard InChI is InChI=1S/C31H40N4O6/c1-19(2)26(29(38)40-6)35-28(37)25(17-21-18-32-23-15-11-10-14-22(21)23)33-27(36)24(16-20-12-8-7-9-13-20)34-30(39)41-31(3,4)5/h7-15,18-19,24-26,32H,16-17H2,1-6H3,(H,33,36)(H,34,39)(H,35,37)/t24-,25-,26-/m0/s1. The molecule has 0 fully saturated rings. The molecule has 2 aromatic carbocycles. The van der Waals surface area contributed by atoms with E-state index in [1.54, 1.807) is 40.8 Å². The Morgan fingerprint density at radius 1 is 0.829 bits per heavy atom. The molecule has 3 aromatic rings. The number of benzene rings is 2. The van der Waals surface area contributed by atoms with Crippen LogP contribution in [0.1, 0.15) is 45.7 Å². The molecule has 0 aliphatic carbocycles. The molecule has 1 aromatic heterocycles. The largest absolute Gasteiger partial charge is 0.467 e. The second-order valence-corrected chi connectivity index (χ2v) is 11.3. The number of ether oxygens (including phenoxy) is 2. The van der Waals surface area contributed by atoms with Crippen LogP contribution in [0.25, 0.3) is 10.9 Å². The zero-order valence-electron chi connectivity index (χ0n) is 24.4. The van der Waals surface area contributed by atoms with E-state index in [9.17, 15) is 19.2 Å². The predicted octanol–water partition coefficient (Wildman–Crippen LogP) is 3.65. The van der Waals surface area contributed by atoms with Gasteiger partial charge in [-0.3, -0.25) is 9.59 Å². The van der Waals surface area contributed by atoms with Crippen molar-refractivity contribution in [3.8, 4) is 0 Å². The number of aromatic amines is 1. The van der Waals surface area contributed by atoms with E-state index < -0.39 is 47.6 Å². The van der Waals surface area contributed by atoms with Gasteiger partial charge in [0.1, 0.15) is 23.7 Å². The molecular formula is C31H40N4O6. The number of para-hydroxylation sites is 1. The van der Waals surface area contributed by atoms with Crippen LogP contribution >= 0.6 is 0 Å². The number of rotatable bonds is 11. The number of nitrogens with one attached hydrogen (secondary N) is 4. The van der Waals surface area contributed by atoms with Gasteiger partial charge in [-0.1, -0.05) is 62.4 Å². The van der Waals surface area contributed by atoms with Gasteiger partial charge < -0.3 is 30.4 Å². The van der Waals surface area contributed by atoms with Crippen molar-refractivity contribution < 1.29 is 28.7 Å². The molecule has 1 heterocycles. The van der Waals surface area contributed by atoms with Crippen LogP contribution in [0, 0.1) is 5.92 Å². The quantitative estimate of drug-likeness (QED) is 0.262. The summed E-state index contributed by atoms with van der Waals surface area (Å²) in [6, 6.07) is 13.8. The first-order valence-corrected chi connectivity index (χ1v) is 13.6. The van der Waals surface area contributed by atoms with Crippen LogP contribution in [0.5, 0.6) is 0 Å². The fourth-order valence-electron chi connectivity index (χ4n) is 4.39. The van der Waals surface area contributed by atoms with Gasteiger partial charge in [0, 0.05) is 29.9 Å². The van der Waals surface area contributed by atoms with Crippen LogP contribution in [0.4, 0.5) is 4.79 Å². The summed E-state index contributed by atoms with van der Waals surface area (Å²) in [6.45, 7) is 8.76. The van der Waals surface area contributed by atoms with E-state index in [4.69, 9.17) is 9.47 Å². The van der Waals surface area contributed by atoms with Crippen molar-refractivity contribution in [3.63, 3.8) is 0 Å². The van der Waals surface area contributed by atoms with E-state index in [0.29, 0.717) is 0 Å². The lowest BCUT2D eigenvalue weighted by Crippen LogP contribution is -2.57. The van der Waals surface area contributed by atoms with E-state index in [1.807, 2.05) is 54.6 Å². The highest BCUT2D eigenvalue weighted by Crippen LogP contribution is 2.20. The smallest absolute Gasteiger partial charge is 0.408 e. The Hall–Kier alpha value is -4.34. The number of hydrogen-bond donors (Lipinski definition) is 4. The maximum atomic E-state index is 13.7. The molecule has 0 spiro atoms. The number of fused-ring (bicyclic) bond motifs is 1. The minimum atomic E-state index is -1.06. The molecule has 0 saturated heterocycles. The SMILES string of the molecule is COC(=O)[C@@H](NC(=O)[C@H](Cc1c[nH]c2ccccc12)NC(=O)[C@H](Cc1ccccc1)NC(=O)OC(C)(C)C)C(C)C. The number of carbonyl (C=O) groups is 4. The monoisotopic (exact) mass is 564 g/mol. The maximum Gasteiger partial charge on any atom is 0.408 e. The van der Waals surface area contributed by atoms with E-state index in [0.717, 1.165) is 22.0 Å². The Morgan fingerprint density at radius 3 is 2.07 bits per heavy atom. The van der Waals surface area contributed by atoms with E-state index >= 15 is 0 Å². The molecule has 10 nitrogen and oxygen atoms in total. The fraction of sp³-hybridized carbons (Fsp3) is 0.419. The summed E-state index contributed by atoms with van der Waals surface area (Å²) in [6.07, 6.45) is 1.34. The van der Waals surface area contributed by atoms with Gasteiger partial charge in [0.2, 0.25) is 11.8 Å². The number of hydrogen-bond acceptors (Lipinski definition) is 6. The lowest BCUT2D eigenvalue weighted by Gasteiger charge is -2.27. The molecule has 41 heavy (non-hydrogen) atoms. The first-order chi connectivity index (χ1) is 19.4. The van der Waals surface area contributed by atoms with Crippen LogP contribution in [-0.4, -0.2) is 59.7 Å². The third-order valence-electron chi connectivity index (χ3n) is 6.44. The summed E-state index contributed by atoms with van der Waals surface area (Å²) in [4.78, 5) is 55.5. The van der Waals surface area contributed by atoms with E-state index in [-0.39, 0.29) is 18.8 Å². The average molecular weight is 565 g/mol. The summed E-state index contributed by atoms with van der Waals surface area (Å²) >= 11 is 0. The Balaban J connectivity index is 1.90. The number of carbonyl (C=O) groups excluding carboxylic acids is 4. The summed E-state index contributed by atoms with van der Waals surface area (Å²) in [7, 11) is 1.26. The molecule has 3 atom stereocenters. The zero-order valence-corrected chi connectivity index (χ0v) is 24.4. The van der Waals surface area contributed by atoms with Gasteiger partial charge in [0.15, 0.2) is 0 Å². The zero-order chi connectivity index (χ0) is 30.2. The van der Waals surface area contributed by atoms with Crippen molar-refractivity contribution in [1.82, 2.24) is 20.9 Å². The van der Waals surface area contributed by atoms with Crippen molar-refractivity contribution in [2.45, 2.75) is 71.2 Å². The number of alkyl carbamates (subject to hydrolysis) is 1. The topological polar surface area (TPSA) is 139 Å². The van der Waals surface area contributed by atoms with Crippen molar-refractivity contribution in [3.05, 3.63) is 71.9 Å². The fourth-order valence-corrected chi connectivity index (χ4v) is 4.39. The molecule has 3 amide bonds. The lowest BCUT2D eigenvalue weighted by atomic mass is 10.00. The number of methoxy groups -OCH3 is 1. The normalized spacial score (nSPS) is 13.6. The number of esters is 1. The molecule has 4 N–H and O–H groups in total. The highest BCUT2D eigenvalue weighted by molar-refractivity contribution is 5.94. The van der Waals surface area contributed by atoms with Crippen LogP contribution in [0.3, 0.4) is 0 Å². The Bertz CT molecular complexity index is 1350. The highest BCUT2D eigenvalue weighted by Gasteiger charge is 2.32. The summed E-state index contributed by atoms with van der Waals surface area (Å²) in [5, 5.41) is 9.12. The highest BCUT2D eigenvalue weighted by atomic mass is 16.6. The van der Waals surface area contributed by atoms with Crippen molar-refractivity contribution in [2.24, 2.45) is 5.92 Å². The van der Waals surface area contributed by atoms with Gasteiger partial charge in [-0.15, -0.1) is 0 Å². The number of aromatic nitrogens is 1. The molecule has 0 radical (unpaired) electrons. The van der Waals surface area contributed by atoms with E-state index in [2.05, 4.69) is 20.9 Å². The minimum Gasteiger partial charge on any atom is -0.467 e. The van der Waals surface area contributed by atoms with Gasteiger partial charge in [0.25, 0.3) is 0 Å². The Labute approximate surface area is 240 Å². The maximum absolute atomic E-state index is 13.7. The van der Waals surface area contributed by atoms with Crippen LogP contribution < -0.4 is 16.0 Å². The van der Waals surface area contributed by atoms with Crippen molar-refractivity contribution in [2.75, 3.05) is 7.11 Å². The first-order valence-electron chi connectivity index (χ1n) is 13.6. The van der Waals surface area contributed by atoms with Gasteiger partial charge in [-0.05, 0) is 43.9 Å².